The smallest absolute Gasteiger partial charge is 0.393 e. The zero-order valence-corrected chi connectivity index (χ0v) is 34.6. The highest BCUT2D eigenvalue weighted by molar-refractivity contribution is 5.14. The quantitative estimate of drug-likeness (QED) is 0.124. The highest BCUT2D eigenvalue weighted by atomic mass is 19.4. The van der Waals surface area contributed by atoms with Crippen LogP contribution in [0, 0.1) is 0 Å². The van der Waals surface area contributed by atoms with Gasteiger partial charge in [-0.3, -0.25) is 0 Å². The third-order valence-electron chi connectivity index (χ3n) is 8.31. The van der Waals surface area contributed by atoms with E-state index in [9.17, 15) is 18.3 Å². The maximum absolute atomic E-state index is 11.4. The number of hydrogen-bond donors (Lipinski definition) is 6. The van der Waals surface area contributed by atoms with Crippen molar-refractivity contribution in [2.45, 2.75) is 188 Å². The Hall–Kier alpha value is -1.31. The Labute approximate surface area is 316 Å². The Morgan fingerprint density at radius 3 is 1.69 bits per heavy atom. The van der Waals surface area contributed by atoms with Crippen LogP contribution in [0.4, 0.5) is 13.2 Å². The topological polar surface area (TPSA) is 98.8 Å². The summed E-state index contributed by atoms with van der Waals surface area (Å²) in [6.07, 6.45) is 6.73. The highest BCUT2D eigenvalue weighted by Crippen LogP contribution is 2.18. The first-order valence-electron chi connectivity index (χ1n) is 20.2. The zero-order chi connectivity index (χ0) is 39.4. The van der Waals surface area contributed by atoms with E-state index in [0.29, 0.717) is 42.4 Å². The van der Waals surface area contributed by atoms with Gasteiger partial charge in [-0.2, -0.15) is 13.2 Å². The van der Waals surface area contributed by atoms with Crippen molar-refractivity contribution < 1.29 is 27.8 Å². The normalized spacial score (nSPS) is 21.8. The molecule has 308 valence electrons. The van der Waals surface area contributed by atoms with Gasteiger partial charge in [0.05, 0.1) is 25.4 Å². The SMILES string of the molecule is CC(C)NC1CCC(O)CC1.CC(C)NC1CCOC1.CC(C)NCC(F)(F)F.CC(C)NCC1CCCCO1.CC(C)NCCc1ccccc1. The third kappa shape index (κ3) is 34.5. The van der Waals surface area contributed by atoms with Crippen molar-refractivity contribution in [3.8, 4) is 0 Å². The molecule has 4 rings (SSSR count). The predicted octanol–water partition coefficient (Wildman–Crippen LogP) is 7.39. The second kappa shape index (κ2) is 31.0. The molecule has 8 nitrogen and oxygen atoms in total. The van der Waals surface area contributed by atoms with Crippen molar-refractivity contribution in [3.05, 3.63) is 35.9 Å². The molecule has 1 aliphatic carbocycles. The van der Waals surface area contributed by atoms with Crippen molar-refractivity contribution >= 4 is 0 Å². The summed E-state index contributed by atoms with van der Waals surface area (Å²) < 4.78 is 44.8. The summed E-state index contributed by atoms with van der Waals surface area (Å²) >= 11 is 0. The van der Waals surface area contributed by atoms with E-state index in [0.717, 1.165) is 65.0 Å². The average molecular weight is 748 g/mol. The Morgan fingerprint density at radius 2 is 1.25 bits per heavy atom. The fourth-order valence-corrected chi connectivity index (χ4v) is 5.66. The van der Waals surface area contributed by atoms with Crippen molar-refractivity contribution in [2.24, 2.45) is 0 Å². The molecule has 1 aromatic rings. The van der Waals surface area contributed by atoms with E-state index in [4.69, 9.17) is 9.47 Å². The second-order valence-corrected chi connectivity index (χ2v) is 15.8. The highest BCUT2D eigenvalue weighted by Gasteiger charge is 2.26. The molecule has 3 fully saturated rings. The van der Waals surface area contributed by atoms with Gasteiger partial charge >= 0.3 is 6.18 Å². The lowest BCUT2D eigenvalue weighted by Crippen LogP contribution is -2.38. The van der Waals surface area contributed by atoms with Gasteiger partial charge in [-0.25, -0.2) is 0 Å². The lowest BCUT2D eigenvalue weighted by molar-refractivity contribution is -0.125. The third-order valence-corrected chi connectivity index (χ3v) is 8.31. The number of alkyl halides is 3. The van der Waals surface area contributed by atoms with Crippen LogP contribution < -0.4 is 26.6 Å². The molecule has 0 amide bonds. The van der Waals surface area contributed by atoms with Crippen LogP contribution in [0.25, 0.3) is 0 Å². The van der Waals surface area contributed by atoms with Gasteiger partial charge in [0, 0.05) is 62.1 Å². The fourth-order valence-electron chi connectivity index (χ4n) is 5.66. The number of aliphatic hydroxyl groups is 1. The molecule has 2 saturated heterocycles. The number of nitrogens with one attached hydrogen (secondary N) is 5. The molecule has 0 aromatic heterocycles. The molecule has 52 heavy (non-hydrogen) atoms. The minimum absolute atomic E-state index is 0.0276. The summed E-state index contributed by atoms with van der Waals surface area (Å²) in [6, 6.07) is 14.1. The fraction of sp³-hybridized carbons (Fsp3) is 0.854. The Bertz CT molecular complexity index is 903. The molecular formula is C41H80F3N5O3. The first-order chi connectivity index (χ1) is 24.5. The molecule has 0 spiro atoms. The maximum Gasteiger partial charge on any atom is 0.401 e. The van der Waals surface area contributed by atoms with E-state index < -0.39 is 12.7 Å². The van der Waals surface area contributed by atoms with E-state index in [-0.39, 0.29) is 12.1 Å². The van der Waals surface area contributed by atoms with E-state index in [1.165, 1.54) is 31.2 Å². The summed E-state index contributed by atoms with van der Waals surface area (Å²) in [5.74, 6) is 0. The van der Waals surface area contributed by atoms with Gasteiger partial charge < -0.3 is 41.2 Å². The molecule has 0 bridgehead atoms. The molecule has 3 aliphatic rings. The maximum atomic E-state index is 11.4. The first-order valence-corrected chi connectivity index (χ1v) is 20.2. The number of ether oxygens (including phenoxy) is 2. The first kappa shape index (κ1) is 50.7. The van der Waals surface area contributed by atoms with Crippen LogP contribution in [0.3, 0.4) is 0 Å². The Balaban J connectivity index is 0.000000628. The van der Waals surface area contributed by atoms with Gasteiger partial charge in [-0.1, -0.05) is 99.6 Å². The molecular weight excluding hydrogens is 667 g/mol. The van der Waals surface area contributed by atoms with Gasteiger partial charge in [0.25, 0.3) is 0 Å². The summed E-state index contributed by atoms with van der Waals surface area (Å²) in [4.78, 5) is 0. The van der Waals surface area contributed by atoms with Crippen LogP contribution in [0.2, 0.25) is 0 Å². The number of hydrogen-bond acceptors (Lipinski definition) is 8. The van der Waals surface area contributed by atoms with Crippen molar-refractivity contribution in [1.29, 1.82) is 0 Å². The van der Waals surface area contributed by atoms with Gasteiger partial charge in [0.2, 0.25) is 0 Å². The Morgan fingerprint density at radius 1 is 0.673 bits per heavy atom. The molecule has 1 saturated carbocycles. The van der Waals surface area contributed by atoms with Crippen LogP contribution >= 0.6 is 0 Å². The van der Waals surface area contributed by atoms with Gasteiger partial charge in [-0.05, 0) is 69.9 Å². The monoisotopic (exact) mass is 748 g/mol. The molecule has 11 heteroatoms. The summed E-state index contributed by atoms with van der Waals surface area (Å²) in [5, 5.41) is 25.2. The second-order valence-electron chi connectivity index (χ2n) is 15.8. The van der Waals surface area contributed by atoms with Gasteiger partial charge in [0.15, 0.2) is 0 Å². The molecule has 6 N–H and O–H groups in total. The van der Waals surface area contributed by atoms with E-state index in [1.807, 2.05) is 0 Å². The lowest BCUT2D eigenvalue weighted by Gasteiger charge is -2.27. The molecule has 0 radical (unpaired) electrons. The van der Waals surface area contributed by atoms with E-state index in [1.54, 1.807) is 13.8 Å². The lowest BCUT2D eigenvalue weighted by atomic mass is 9.93. The van der Waals surface area contributed by atoms with Crippen LogP contribution in [0.1, 0.15) is 126 Å². The molecule has 1 aromatic carbocycles. The number of aliphatic hydroxyl groups excluding tert-OH is 1. The minimum Gasteiger partial charge on any atom is -0.393 e. The molecule has 2 aliphatic heterocycles. The van der Waals surface area contributed by atoms with Crippen molar-refractivity contribution in [3.63, 3.8) is 0 Å². The zero-order valence-electron chi connectivity index (χ0n) is 34.6. The van der Waals surface area contributed by atoms with Crippen LogP contribution in [0.5, 0.6) is 0 Å². The minimum atomic E-state index is -4.08. The Kier molecular flexibility index (Phi) is 30.2. The molecule has 2 atom stereocenters. The molecule has 2 heterocycles. The largest absolute Gasteiger partial charge is 0.401 e. The summed E-state index contributed by atoms with van der Waals surface area (Å²) in [7, 11) is 0. The summed E-state index contributed by atoms with van der Waals surface area (Å²) in [6.45, 7) is 24.7. The van der Waals surface area contributed by atoms with Gasteiger partial charge in [0.1, 0.15) is 0 Å². The van der Waals surface area contributed by atoms with Crippen LogP contribution in [-0.2, 0) is 15.9 Å². The average Bonchev–Trinajstić information content (AvgIpc) is 3.58. The standard InChI is InChI=1S/C11H17N.2C9H19NO.C7H15NO.C5H10F3N/c1-10(2)12-9-8-11-6-4-3-5-7-11;1-7(2)10-8-3-5-9(11)6-4-8;1-8(2)10-7-9-5-3-4-6-11-9;1-6(2)8-7-3-4-9-5-7;1-4(2)9-3-5(6,7)8/h3-7,10,12H,8-9H2,1-2H3;7-11H,3-6H2,1-2H3;8-10H,3-7H2,1-2H3;6-8H,3-5H2,1-2H3;4,9H,3H2,1-2H3. The van der Waals surface area contributed by atoms with Crippen LogP contribution in [-0.4, -0.2) is 105 Å². The van der Waals surface area contributed by atoms with Gasteiger partial charge in [-0.15, -0.1) is 0 Å². The number of rotatable bonds is 13. The predicted molar refractivity (Wildman–Crippen MR) is 213 cm³/mol. The van der Waals surface area contributed by atoms with Crippen molar-refractivity contribution in [1.82, 2.24) is 26.6 Å². The van der Waals surface area contributed by atoms with Crippen molar-refractivity contribution in [2.75, 3.05) is 39.5 Å². The number of benzene rings is 1. The van der Waals surface area contributed by atoms with Crippen LogP contribution in [0.15, 0.2) is 30.3 Å². The van der Waals surface area contributed by atoms with E-state index >= 15 is 0 Å². The molecule has 2 unspecified atom stereocenters. The summed E-state index contributed by atoms with van der Waals surface area (Å²) in [5.41, 5.74) is 1.41. The number of halogens is 3. The van der Waals surface area contributed by atoms with E-state index in [2.05, 4.69) is 112 Å².